The maximum absolute atomic E-state index is 12.0. The van der Waals surface area contributed by atoms with E-state index in [0.717, 1.165) is 16.1 Å². The molecule has 4 rings (SSSR count). The van der Waals surface area contributed by atoms with Crippen LogP contribution in [-0.4, -0.2) is 16.0 Å². The number of amides is 2. The highest BCUT2D eigenvalue weighted by molar-refractivity contribution is 7.21. The molecule has 5 nitrogen and oxygen atoms in total. The van der Waals surface area contributed by atoms with E-state index < -0.39 is 0 Å². The minimum atomic E-state index is -0.327. The van der Waals surface area contributed by atoms with Gasteiger partial charge in [-0.2, -0.15) is 0 Å². The molecule has 4 aromatic rings. The highest BCUT2D eigenvalue weighted by Gasteiger charge is 2.08. The van der Waals surface area contributed by atoms with E-state index in [-0.39, 0.29) is 6.03 Å². The Morgan fingerprint density at radius 2 is 1.85 bits per heavy atom. The summed E-state index contributed by atoms with van der Waals surface area (Å²) >= 11 is 1.67. The molecule has 2 amide bonds. The number of urea groups is 1. The van der Waals surface area contributed by atoms with Crippen LogP contribution >= 0.6 is 11.3 Å². The molecule has 2 aromatic carbocycles. The van der Waals surface area contributed by atoms with Gasteiger partial charge in [-0.1, -0.05) is 12.1 Å². The van der Waals surface area contributed by atoms with E-state index in [1.807, 2.05) is 36.4 Å². The number of rotatable bonds is 3. The predicted molar refractivity (Wildman–Crippen MR) is 107 cm³/mol. The zero-order chi connectivity index (χ0) is 17.9. The van der Waals surface area contributed by atoms with Crippen molar-refractivity contribution >= 4 is 39.1 Å². The third kappa shape index (κ3) is 3.55. The van der Waals surface area contributed by atoms with Crippen molar-refractivity contribution < 1.29 is 4.79 Å². The first-order valence-electron chi connectivity index (χ1n) is 8.14. The Kier molecular flexibility index (Phi) is 4.33. The molecule has 0 aliphatic carbocycles. The fourth-order valence-corrected chi connectivity index (χ4v) is 3.64. The summed E-state index contributed by atoms with van der Waals surface area (Å²) < 4.78 is 1.18. The van der Waals surface area contributed by atoms with Gasteiger partial charge < -0.3 is 5.32 Å². The average molecular weight is 360 g/mol. The predicted octanol–water partition coefficient (Wildman–Crippen LogP) is 5.31. The van der Waals surface area contributed by atoms with E-state index in [1.165, 1.54) is 10.3 Å². The lowest BCUT2D eigenvalue weighted by Crippen LogP contribution is -2.19. The molecule has 0 unspecified atom stereocenters. The molecular weight excluding hydrogens is 344 g/mol. The van der Waals surface area contributed by atoms with E-state index in [0.29, 0.717) is 11.5 Å². The van der Waals surface area contributed by atoms with Gasteiger partial charge in [0.25, 0.3) is 0 Å². The van der Waals surface area contributed by atoms with Crippen molar-refractivity contribution in [2.75, 3.05) is 10.6 Å². The van der Waals surface area contributed by atoms with Gasteiger partial charge in [0, 0.05) is 17.4 Å². The molecule has 2 aromatic heterocycles. The maximum Gasteiger partial charge on any atom is 0.324 e. The number of carbonyl (C=O) groups is 1. The standard InChI is InChI=1S/C20H16N4OS/c1-13-5-10-16-17(12-13)26-19(23-16)14-6-8-15(9-7-14)22-20(25)24-18-4-2-3-11-21-18/h2-12H,1H3,(H2,21,22,24,25). The van der Waals surface area contributed by atoms with Crippen molar-refractivity contribution in [2.24, 2.45) is 0 Å². The van der Waals surface area contributed by atoms with Gasteiger partial charge in [-0.25, -0.2) is 14.8 Å². The quantitative estimate of drug-likeness (QED) is 0.520. The van der Waals surface area contributed by atoms with Crippen LogP contribution in [0.25, 0.3) is 20.8 Å². The summed E-state index contributed by atoms with van der Waals surface area (Å²) in [6.45, 7) is 2.08. The lowest BCUT2D eigenvalue weighted by Gasteiger charge is -2.07. The molecule has 0 bridgehead atoms. The van der Waals surface area contributed by atoms with E-state index in [4.69, 9.17) is 0 Å². The third-order valence-electron chi connectivity index (χ3n) is 3.84. The second kappa shape index (κ2) is 6.93. The summed E-state index contributed by atoms with van der Waals surface area (Å²) in [5.41, 5.74) is 3.97. The van der Waals surface area contributed by atoms with Crippen molar-refractivity contribution in [2.45, 2.75) is 6.92 Å². The fourth-order valence-electron chi connectivity index (χ4n) is 2.57. The molecule has 0 aliphatic heterocycles. The number of hydrogen-bond donors (Lipinski definition) is 2. The van der Waals surface area contributed by atoms with Crippen molar-refractivity contribution in [3.63, 3.8) is 0 Å². The van der Waals surface area contributed by atoms with Crippen LogP contribution in [0.2, 0.25) is 0 Å². The van der Waals surface area contributed by atoms with E-state index >= 15 is 0 Å². The fraction of sp³-hybridized carbons (Fsp3) is 0.0500. The first-order chi connectivity index (χ1) is 12.7. The number of aromatic nitrogens is 2. The number of nitrogens with zero attached hydrogens (tertiary/aromatic N) is 2. The van der Waals surface area contributed by atoms with Crippen LogP contribution in [0.5, 0.6) is 0 Å². The van der Waals surface area contributed by atoms with Crippen LogP contribution in [0.15, 0.2) is 66.9 Å². The van der Waals surface area contributed by atoms with Gasteiger partial charge in [-0.05, 0) is 61.0 Å². The smallest absolute Gasteiger partial charge is 0.308 e. The lowest BCUT2D eigenvalue weighted by molar-refractivity contribution is 0.262. The van der Waals surface area contributed by atoms with Crippen molar-refractivity contribution in [1.82, 2.24) is 9.97 Å². The highest BCUT2D eigenvalue weighted by atomic mass is 32.1. The van der Waals surface area contributed by atoms with E-state index in [1.54, 1.807) is 29.7 Å². The molecule has 26 heavy (non-hydrogen) atoms. The van der Waals surface area contributed by atoms with Crippen molar-refractivity contribution in [3.05, 3.63) is 72.4 Å². The molecule has 0 spiro atoms. The Bertz CT molecular complexity index is 1060. The first kappa shape index (κ1) is 16.2. The van der Waals surface area contributed by atoms with E-state index in [9.17, 15) is 4.79 Å². The average Bonchev–Trinajstić information content (AvgIpc) is 3.06. The normalized spacial score (nSPS) is 10.7. The Labute approximate surface area is 154 Å². The zero-order valence-electron chi connectivity index (χ0n) is 14.1. The molecule has 2 N–H and O–H groups in total. The number of hydrogen-bond acceptors (Lipinski definition) is 4. The van der Waals surface area contributed by atoms with Gasteiger partial charge in [0.2, 0.25) is 0 Å². The topological polar surface area (TPSA) is 66.9 Å². The van der Waals surface area contributed by atoms with Crippen LogP contribution in [0.4, 0.5) is 16.3 Å². The highest BCUT2D eigenvalue weighted by Crippen LogP contribution is 2.31. The Morgan fingerprint density at radius 3 is 2.62 bits per heavy atom. The summed E-state index contributed by atoms with van der Waals surface area (Å²) in [6, 6.07) is 18.9. The van der Waals surface area contributed by atoms with Gasteiger partial charge in [0.1, 0.15) is 10.8 Å². The molecule has 128 valence electrons. The number of thiazole rings is 1. The number of fused-ring (bicyclic) bond motifs is 1. The number of benzene rings is 2. The van der Waals surface area contributed by atoms with Crippen LogP contribution in [-0.2, 0) is 0 Å². The summed E-state index contributed by atoms with van der Waals surface area (Å²) in [4.78, 5) is 20.8. The van der Waals surface area contributed by atoms with E-state index in [2.05, 4.69) is 39.7 Å². The minimum absolute atomic E-state index is 0.327. The molecule has 6 heteroatoms. The van der Waals surface area contributed by atoms with Crippen LogP contribution in [0.1, 0.15) is 5.56 Å². The van der Waals surface area contributed by atoms with Gasteiger partial charge in [-0.15, -0.1) is 11.3 Å². The Balaban J connectivity index is 1.48. The monoisotopic (exact) mass is 360 g/mol. The molecule has 2 heterocycles. The van der Waals surface area contributed by atoms with Crippen LogP contribution < -0.4 is 10.6 Å². The van der Waals surface area contributed by atoms with Crippen molar-refractivity contribution in [1.29, 1.82) is 0 Å². The maximum atomic E-state index is 12.0. The Morgan fingerprint density at radius 1 is 1.00 bits per heavy atom. The van der Waals surface area contributed by atoms with Crippen LogP contribution in [0.3, 0.4) is 0 Å². The van der Waals surface area contributed by atoms with Crippen LogP contribution in [0, 0.1) is 6.92 Å². The van der Waals surface area contributed by atoms with Crippen molar-refractivity contribution in [3.8, 4) is 10.6 Å². The second-order valence-corrected chi connectivity index (χ2v) is 6.89. The summed E-state index contributed by atoms with van der Waals surface area (Å²) in [5.74, 6) is 0.506. The number of anilines is 2. The number of pyridine rings is 1. The third-order valence-corrected chi connectivity index (χ3v) is 4.91. The zero-order valence-corrected chi connectivity index (χ0v) is 14.9. The number of nitrogens with one attached hydrogen (secondary N) is 2. The SMILES string of the molecule is Cc1ccc2nc(-c3ccc(NC(=O)Nc4ccccn4)cc3)sc2c1. The van der Waals surface area contributed by atoms with Gasteiger partial charge in [-0.3, -0.25) is 5.32 Å². The second-order valence-electron chi connectivity index (χ2n) is 5.86. The molecule has 0 atom stereocenters. The lowest BCUT2D eigenvalue weighted by atomic mass is 10.2. The minimum Gasteiger partial charge on any atom is -0.308 e. The summed E-state index contributed by atoms with van der Waals surface area (Å²) in [6.07, 6.45) is 1.63. The largest absolute Gasteiger partial charge is 0.324 e. The first-order valence-corrected chi connectivity index (χ1v) is 8.96. The van der Waals surface area contributed by atoms with Gasteiger partial charge in [0.05, 0.1) is 10.2 Å². The summed E-state index contributed by atoms with van der Waals surface area (Å²) in [7, 11) is 0. The molecule has 0 radical (unpaired) electrons. The summed E-state index contributed by atoms with van der Waals surface area (Å²) in [5, 5.41) is 6.45. The number of carbonyl (C=O) groups excluding carboxylic acids is 1. The Hall–Kier alpha value is -3.25. The molecular formula is C20H16N4OS. The number of aryl methyl sites for hydroxylation is 1. The molecule has 0 aliphatic rings. The van der Waals surface area contributed by atoms with Gasteiger partial charge in [0.15, 0.2) is 0 Å². The van der Waals surface area contributed by atoms with Gasteiger partial charge >= 0.3 is 6.03 Å². The molecule has 0 saturated carbocycles. The molecule has 0 fully saturated rings. The molecule has 0 saturated heterocycles.